The molecule has 0 aliphatic heterocycles. The third-order valence-electron chi connectivity index (χ3n) is 6.08. The molecular weight excluding hydrogens is 634 g/mol. The molecule has 0 aromatic rings. The Morgan fingerprint density at radius 2 is 0.604 bits per heavy atom. The number of unbranched alkanes of at least 4 members (excludes halogenated alkanes) is 3. The first kappa shape index (κ1) is 47.0. The molecular formula is C33H67NO14. The fourth-order valence-electron chi connectivity index (χ4n) is 3.59. The van der Waals surface area contributed by atoms with Crippen molar-refractivity contribution in [3.05, 3.63) is 0 Å². The molecule has 2 N–H and O–H groups in total. The summed E-state index contributed by atoms with van der Waals surface area (Å²) >= 11 is 0. The molecule has 0 bridgehead atoms. The molecule has 15 heteroatoms. The van der Waals surface area contributed by atoms with E-state index in [1.165, 1.54) is 0 Å². The van der Waals surface area contributed by atoms with Crippen molar-refractivity contribution in [2.45, 2.75) is 39.0 Å². The van der Waals surface area contributed by atoms with Crippen LogP contribution in [0, 0.1) is 0 Å². The van der Waals surface area contributed by atoms with Gasteiger partial charge in [-0.25, -0.2) is 0 Å². The lowest BCUT2D eigenvalue weighted by atomic mass is 10.2. The number of carbonyl (C=O) groups excluding carboxylic acids is 1. The average molecular weight is 702 g/mol. The highest BCUT2D eigenvalue weighted by Gasteiger charge is 2.02. The molecule has 15 nitrogen and oxygen atoms in total. The zero-order valence-corrected chi connectivity index (χ0v) is 29.7. The smallest absolute Gasteiger partial charge is 0.305 e. The second-order valence-electron chi connectivity index (χ2n) is 10.2. The molecule has 0 fully saturated rings. The second-order valence-corrected chi connectivity index (χ2v) is 10.2. The summed E-state index contributed by atoms with van der Waals surface area (Å²) in [5.74, 6) is -0.154. The van der Waals surface area contributed by atoms with Crippen molar-refractivity contribution >= 4 is 5.97 Å². The second kappa shape index (κ2) is 44.0. The van der Waals surface area contributed by atoms with E-state index < -0.39 is 0 Å². The molecule has 0 radical (unpaired) electrons. The quantitative estimate of drug-likeness (QED) is 0.0721. The Balaban J connectivity index is 3.07. The zero-order chi connectivity index (χ0) is 34.7. The number of nitrogens with two attached hydrogens (primary N) is 1. The predicted octanol–water partition coefficient (Wildman–Crippen LogP) is 1.66. The molecule has 0 atom stereocenters. The van der Waals surface area contributed by atoms with Gasteiger partial charge in [0.25, 0.3) is 0 Å². The highest BCUT2D eigenvalue weighted by molar-refractivity contribution is 5.69. The van der Waals surface area contributed by atoms with E-state index in [0.717, 1.165) is 25.7 Å². The van der Waals surface area contributed by atoms with Gasteiger partial charge in [0.15, 0.2) is 0 Å². The fraction of sp³-hybridized carbons (Fsp3) is 0.970. The van der Waals surface area contributed by atoms with Gasteiger partial charge in [-0.2, -0.15) is 0 Å². The summed E-state index contributed by atoms with van der Waals surface area (Å²) in [7, 11) is 0. The Bertz CT molecular complexity index is 609. The van der Waals surface area contributed by atoms with Gasteiger partial charge >= 0.3 is 5.97 Å². The van der Waals surface area contributed by atoms with Crippen molar-refractivity contribution in [1.29, 1.82) is 0 Å². The molecule has 0 rings (SSSR count). The lowest BCUT2D eigenvalue weighted by Gasteiger charge is -2.09. The van der Waals surface area contributed by atoms with Crippen molar-refractivity contribution in [2.24, 2.45) is 5.73 Å². The van der Waals surface area contributed by atoms with Gasteiger partial charge in [0, 0.05) is 13.0 Å². The number of ether oxygens (including phenoxy) is 13. The van der Waals surface area contributed by atoms with E-state index in [2.05, 4.69) is 6.92 Å². The van der Waals surface area contributed by atoms with Gasteiger partial charge in [0.1, 0.15) is 6.61 Å². The van der Waals surface area contributed by atoms with Crippen LogP contribution in [0.3, 0.4) is 0 Å². The third kappa shape index (κ3) is 43.0. The summed E-state index contributed by atoms with van der Waals surface area (Å²) < 4.78 is 70.2. The molecule has 0 saturated heterocycles. The topological polar surface area (TPSA) is 163 Å². The Hall–Kier alpha value is -1.05. The average Bonchev–Trinajstić information content (AvgIpc) is 3.09. The number of hydrogen-bond acceptors (Lipinski definition) is 15. The van der Waals surface area contributed by atoms with Gasteiger partial charge in [-0.15, -0.1) is 0 Å². The van der Waals surface area contributed by atoms with Crippen LogP contribution in [0.4, 0.5) is 0 Å². The number of esters is 1. The summed E-state index contributed by atoms with van der Waals surface area (Å²) in [6, 6.07) is 0. The van der Waals surface area contributed by atoms with E-state index in [0.29, 0.717) is 172 Å². The Kier molecular flexibility index (Phi) is 43.0. The molecule has 0 aromatic carbocycles. The molecule has 0 aliphatic carbocycles. The van der Waals surface area contributed by atoms with Crippen molar-refractivity contribution in [1.82, 2.24) is 0 Å². The SMILES string of the molecule is CCCCCCC(=O)OCCOCCOCCOCCOCCOCCOCCOCCOCCOCCOCCOCCOCCN. The van der Waals surface area contributed by atoms with Crippen molar-refractivity contribution in [3.8, 4) is 0 Å². The highest BCUT2D eigenvalue weighted by atomic mass is 16.6. The summed E-state index contributed by atoms with van der Waals surface area (Å²) in [5.41, 5.74) is 5.33. The molecule has 48 heavy (non-hydrogen) atoms. The highest BCUT2D eigenvalue weighted by Crippen LogP contribution is 2.03. The predicted molar refractivity (Wildman–Crippen MR) is 179 cm³/mol. The summed E-state index contributed by atoms with van der Waals surface area (Å²) in [6.07, 6.45) is 4.75. The number of rotatable bonds is 43. The third-order valence-corrected chi connectivity index (χ3v) is 6.08. The lowest BCUT2D eigenvalue weighted by Crippen LogP contribution is -2.16. The minimum absolute atomic E-state index is 0.154. The van der Waals surface area contributed by atoms with Crippen molar-refractivity contribution < 1.29 is 66.4 Å². The molecule has 0 heterocycles. The molecule has 0 aliphatic rings. The van der Waals surface area contributed by atoms with E-state index in [9.17, 15) is 4.79 Å². The van der Waals surface area contributed by atoms with E-state index in [-0.39, 0.29) is 12.6 Å². The van der Waals surface area contributed by atoms with Gasteiger partial charge in [0.2, 0.25) is 0 Å². The first-order chi connectivity index (χ1) is 23.8. The van der Waals surface area contributed by atoms with Crippen LogP contribution in [0.1, 0.15) is 39.0 Å². The fourth-order valence-corrected chi connectivity index (χ4v) is 3.59. The van der Waals surface area contributed by atoms with Gasteiger partial charge < -0.3 is 67.3 Å². The normalized spacial score (nSPS) is 11.5. The van der Waals surface area contributed by atoms with Crippen LogP contribution < -0.4 is 5.73 Å². The van der Waals surface area contributed by atoms with Crippen LogP contribution in [-0.4, -0.2) is 178 Å². The van der Waals surface area contributed by atoms with Gasteiger partial charge in [0.05, 0.1) is 159 Å². The van der Waals surface area contributed by atoms with Crippen molar-refractivity contribution in [2.75, 3.05) is 172 Å². The molecule has 0 unspecified atom stereocenters. The minimum atomic E-state index is -0.154. The Labute approximate surface area is 288 Å². The van der Waals surface area contributed by atoms with Crippen LogP contribution >= 0.6 is 0 Å². The standard InChI is InChI=1S/C33H67NO14/c1-2-3-4-5-6-33(35)48-32-31-47-30-29-46-28-27-45-26-25-44-24-23-43-22-21-42-20-19-41-18-17-40-16-15-39-14-13-38-12-11-37-10-9-36-8-7-34/h2-32,34H2,1H3. The van der Waals surface area contributed by atoms with E-state index >= 15 is 0 Å². The molecule has 288 valence electrons. The monoisotopic (exact) mass is 701 g/mol. The largest absolute Gasteiger partial charge is 0.463 e. The first-order valence-electron chi connectivity index (χ1n) is 17.6. The molecule has 0 spiro atoms. The summed E-state index contributed by atoms with van der Waals surface area (Å²) in [6.45, 7) is 14.9. The number of hydrogen-bond donors (Lipinski definition) is 1. The Morgan fingerprint density at radius 1 is 0.354 bits per heavy atom. The molecule has 0 aromatic heterocycles. The number of carbonyl (C=O) groups is 1. The summed E-state index contributed by atoms with van der Waals surface area (Å²) in [4.78, 5) is 11.5. The van der Waals surface area contributed by atoms with E-state index in [4.69, 9.17) is 67.3 Å². The van der Waals surface area contributed by atoms with Crippen molar-refractivity contribution in [3.63, 3.8) is 0 Å². The van der Waals surface area contributed by atoms with Gasteiger partial charge in [-0.1, -0.05) is 26.2 Å². The van der Waals surface area contributed by atoms with E-state index in [1.54, 1.807) is 0 Å². The van der Waals surface area contributed by atoms with Gasteiger partial charge in [-0.05, 0) is 6.42 Å². The minimum Gasteiger partial charge on any atom is -0.463 e. The maximum Gasteiger partial charge on any atom is 0.305 e. The Morgan fingerprint density at radius 3 is 0.854 bits per heavy atom. The first-order valence-corrected chi connectivity index (χ1v) is 17.6. The summed E-state index contributed by atoms with van der Waals surface area (Å²) in [5, 5.41) is 0. The van der Waals surface area contributed by atoms with Crippen LogP contribution in [0.5, 0.6) is 0 Å². The zero-order valence-electron chi connectivity index (χ0n) is 29.7. The van der Waals surface area contributed by atoms with Crippen LogP contribution in [0.25, 0.3) is 0 Å². The maximum atomic E-state index is 11.5. The van der Waals surface area contributed by atoms with Crippen LogP contribution in [0.15, 0.2) is 0 Å². The van der Waals surface area contributed by atoms with Crippen LogP contribution in [0.2, 0.25) is 0 Å². The molecule has 0 saturated carbocycles. The van der Waals surface area contributed by atoms with Gasteiger partial charge in [-0.3, -0.25) is 4.79 Å². The van der Waals surface area contributed by atoms with Crippen LogP contribution in [-0.2, 0) is 66.4 Å². The maximum absolute atomic E-state index is 11.5. The lowest BCUT2D eigenvalue weighted by molar-refractivity contribution is -0.145. The van der Waals surface area contributed by atoms with E-state index in [1.807, 2.05) is 0 Å². The molecule has 0 amide bonds.